The molecule has 0 amide bonds. The molecule has 1 saturated heterocycles. The Morgan fingerprint density at radius 3 is 2.54 bits per heavy atom. The Hall–Kier alpha value is -0.660. The lowest BCUT2D eigenvalue weighted by molar-refractivity contribution is 0.0134. The van der Waals surface area contributed by atoms with E-state index in [0.717, 1.165) is 19.5 Å². The monoisotopic (exact) mass is 374 g/mol. The van der Waals surface area contributed by atoms with Gasteiger partial charge in [-0.15, -0.1) is 0 Å². The highest BCUT2D eigenvalue weighted by molar-refractivity contribution is 7.88. The van der Waals surface area contributed by atoms with Gasteiger partial charge in [-0.25, -0.2) is 13.1 Å². The van der Waals surface area contributed by atoms with E-state index in [4.69, 9.17) is 16.3 Å². The van der Waals surface area contributed by atoms with E-state index >= 15 is 0 Å². The van der Waals surface area contributed by atoms with Crippen molar-refractivity contribution in [3.05, 3.63) is 34.9 Å². The molecule has 136 valence electrons. The minimum atomic E-state index is -3.42. The summed E-state index contributed by atoms with van der Waals surface area (Å²) in [4.78, 5) is 2.32. The van der Waals surface area contributed by atoms with Crippen molar-refractivity contribution < 1.29 is 13.2 Å². The van der Waals surface area contributed by atoms with Crippen molar-refractivity contribution in [2.24, 2.45) is 5.92 Å². The van der Waals surface area contributed by atoms with Crippen LogP contribution in [0.3, 0.4) is 0 Å². The third-order valence-corrected chi connectivity index (χ3v) is 5.81. The summed E-state index contributed by atoms with van der Waals surface area (Å²) in [5.41, 5.74) is 0.624. The van der Waals surface area contributed by atoms with E-state index < -0.39 is 10.0 Å². The van der Waals surface area contributed by atoms with Crippen LogP contribution in [0.15, 0.2) is 24.3 Å². The molecule has 1 aromatic carbocycles. The summed E-state index contributed by atoms with van der Waals surface area (Å²) in [5.74, 6) is 0.412. The quantitative estimate of drug-likeness (QED) is 0.759. The van der Waals surface area contributed by atoms with Crippen molar-refractivity contribution in [1.29, 1.82) is 0 Å². The lowest BCUT2D eigenvalue weighted by atomic mass is 10.0. The number of morpholine rings is 1. The smallest absolute Gasteiger partial charge is 0.215 e. The van der Waals surface area contributed by atoms with Crippen molar-refractivity contribution in [1.82, 2.24) is 9.62 Å². The molecule has 1 aliphatic rings. The molecular formula is C17H27ClN2O3S. The van der Waals surface area contributed by atoms with Gasteiger partial charge in [0.15, 0.2) is 0 Å². The Morgan fingerprint density at radius 2 is 1.92 bits per heavy atom. The second kappa shape index (κ2) is 9.15. The van der Waals surface area contributed by atoms with Crippen LogP contribution in [0.25, 0.3) is 0 Å². The molecule has 2 rings (SSSR count). The van der Waals surface area contributed by atoms with Gasteiger partial charge in [0, 0.05) is 30.7 Å². The number of nitrogens with zero attached hydrogens (tertiary/aromatic N) is 1. The maximum atomic E-state index is 12.4. The lowest BCUT2D eigenvalue weighted by Gasteiger charge is -2.35. The first-order chi connectivity index (χ1) is 11.4. The molecule has 0 aromatic heterocycles. The van der Waals surface area contributed by atoms with E-state index in [1.165, 1.54) is 0 Å². The molecule has 24 heavy (non-hydrogen) atoms. The van der Waals surface area contributed by atoms with Crippen LogP contribution in [0, 0.1) is 5.92 Å². The molecule has 1 unspecified atom stereocenters. The van der Waals surface area contributed by atoms with E-state index in [0.29, 0.717) is 36.3 Å². The number of hydrogen-bond donors (Lipinski definition) is 1. The highest BCUT2D eigenvalue weighted by atomic mass is 35.5. The van der Waals surface area contributed by atoms with Crippen molar-refractivity contribution in [2.75, 3.05) is 32.8 Å². The summed E-state index contributed by atoms with van der Waals surface area (Å²) in [7, 11) is -3.42. The Kier molecular flexibility index (Phi) is 7.50. The van der Waals surface area contributed by atoms with E-state index in [1.54, 1.807) is 24.3 Å². The van der Waals surface area contributed by atoms with Gasteiger partial charge in [0.25, 0.3) is 0 Å². The topological polar surface area (TPSA) is 58.6 Å². The standard InChI is InChI=1S/C17H27ClN2O3S/c1-14(2)11-16(20-7-9-23-10-8-20)12-19-24(21,22)13-15-5-3-4-6-17(15)18/h3-6,14,16,19H,7-13H2,1-2H3. The lowest BCUT2D eigenvalue weighted by Crippen LogP contribution is -2.49. The molecule has 0 radical (unpaired) electrons. The average molecular weight is 375 g/mol. The maximum absolute atomic E-state index is 12.4. The third-order valence-electron chi connectivity index (χ3n) is 4.15. The Morgan fingerprint density at radius 1 is 1.25 bits per heavy atom. The molecule has 1 heterocycles. The molecule has 1 aliphatic heterocycles. The number of sulfonamides is 1. The molecule has 1 aromatic rings. The minimum absolute atomic E-state index is 0.0931. The predicted octanol–water partition coefficient (Wildman–Crippen LogP) is 2.51. The summed E-state index contributed by atoms with van der Waals surface area (Å²) < 4.78 is 33.0. The zero-order valence-corrected chi connectivity index (χ0v) is 15.9. The third kappa shape index (κ3) is 6.33. The number of ether oxygens (including phenoxy) is 1. The van der Waals surface area contributed by atoms with Gasteiger partial charge in [-0.1, -0.05) is 43.6 Å². The van der Waals surface area contributed by atoms with Gasteiger partial charge >= 0.3 is 0 Å². The first-order valence-electron chi connectivity index (χ1n) is 8.40. The van der Waals surface area contributed by atoms with Gasteiger partial charge in [-0.05, 0) is 24.0 Å². The van der Waals surface area contributed by atoms with Crippen LogP contribution in [-0.4, -0.2) is 52.2 Å². The SMILES string of the molecule is CC(C)CC(CNS(=O)(=O)Cc1ccccc1Cl)N1CCOCC1. The molecule has 0 saturated carbocycles. The number of rotatable bonds is 8. The van der Waals surface area contributed by atoms with Gasteiger partial charge in [0.2, 0.25) is 10.0 Å². The number of halogens is 1. The number of benzene rings is 1. The van der Waals surface area contributed by atoms with Crippen LogP contribution in [0.4, 0.5) is 0 Å². The first kappa shape index (κ1) is 19.7. The zero-order chi connectivity index (χ0) is 17.6. The second-order valence-corrected chi connectivity index (χ2v) is 8.84. The van der Waals surface area contributed by atoms with E-state index in [1.807, 2.05) is 0 Å². The van der Waals surface area contributed by atoms with E-state index in [2.05, 4.69) is 23.5 Å². The number of nitrogens with one attached hydrogen (secondary N) is 1. The maximum Gasteiger partial charge on any atom is 0.215 e. The van der Waals surface area contributed by atoms with Gasteiger partial charge in [-0.3, -0.25) is 4.90 Å². The summed E-state index contributed by atoms with van der Waals surface area (Å²) in [5, 5.41) is 0.481. The molecular weight excluding hydrogens is 348 g/mol. The second-order valence-electron chi connectivity index (χ2n) is 6.63. The highest BCUT2D eigenvalue weighted by Gasteiger charge is 2.24. The minimum Gasteiger partial charge on any atom is -0.379 e. The molecule has 1 atom stereocenters. The van der Waals surface area contributed by atoms with Crippen molar-refractivity contribution in [3.8, 4) is 0 Å². The molecule has 5 nitrogen and oxygen atoms in total. The van der Waals surface area contributed by atoms with E-state index in [-0.39, 0.29) is 11.8 Å². The normalized spacial score (nSPS) is 18.0. The van der Waals surface area contributed by atoms with Crippen molar-refractivity contribution in [3.63, 3.8) is 0 Å². The number of hydrogen-bond acceptors (Lipinski definition) is 4. The van der Waals surface area contributed by atoms with Crippen LogP contribution in [0.2, 0.25) is 5.02 Å². The Balaban J connectivity index is 1.97. The molecule has 7 heteroatoms. The van der Waals surface area contributed by atoms with Gasteiger partial charge in [-0.2, -0.15) is 0 Å². The fourth-order valence-electron chi connectivity index (χ4n) is 2.94. The summed E-state index contributed by atoms with van der Waals surface area (Å²) in [6.07, 6.45) is 0.953. The fourth-order valence-corrected chi connectivity index (χ4v) is 4.43. The summed E-state index contributed by atoms with van der Waals surface area (Å²) in [6, 6.07) is 7.24. The van der Waals surface area contributed by atoms with Crippen LogP contribution < -0.4 is 4.72 Å². The molecule has 0 aliphatic carbocycles. The van der Waals surface area contributed by atoms with Crippen LogP contribution in [-0.2, 0) is 20.5 Å². The van der Waals surface area contributed by atoms with Gasteiger partial charge < -0.3 is 4.74 Å². The first-order valence-corrected chi connectivity index (χ1v) is 10.4. The van der Waals surface area contributed by atoms with Gasteiger partial charge in [0.1, 0.15) is 0 Å². The van der Waals surface area contributed by atoms with Crippen LogP contribution in [0.1, 0.15) is 25.8 Å². The molecule has 1 N–H and O–H groups in total. The molecule has 1 fully saturated rings. The largest absolute Gasteiger partial charge is 0.379 e. The summed E-state index contributed by atoms with van der Waals surface area (Å²) in [6.45, 7) is 7.86. The van der Waals surface area contributed by atoms with Crippen molar-refractivity contribution >= 4 is 21.6 Å². The zero-order valence-electron chi connectivity index (χ0n) is 14.4. The Labute approximate surface area is 150 Å². The molecule has 0 spiro atoms. The fraction of sp³-hybridized carbons (Fsp3) is 0.647. The Bertz CT molecular complexity index is 616. The van der Waals surface area contributed by atoms with E-state index in [9.17, 15) is 8.42 Å². The van der Waals surface area contributed by atoms with Crippen LogP contribution in [0.5, 0.6) is 0 Å². The van der Waals surface area contributed by atoms with Crippen LogP contribution >= 0.6 is 11.6 Å². The predicted molar refractivity (Wildman–Crippen MR) is 97.7 cm³/mol. The summed E-state index contributed by atoms with van der Waals surface area (Å²) >= 11 is 6.07. The average Bonchev–Trinajstić information content (AvgIpc) is 2.54. The highest BCUT2D eigenvalue weighted by Crippen LogP contribution is 2.18. The molecule has 0 bridgehead atoms. The van der Waals surface area contributed by atoms with Gasteiger partial charge in [0.05, 0.1) is 19.0 Å². The van der Waals surface area contributed by atoms with Crippen molar-refractivity contribution in [2.45, 2.75) is 32.1 Å².